The van der Waals surface area contributed by atoms with Crippen LogP contribution < -0.4 is 0 Å². The lowest BCUT2D eigenvalue weighted by Gasteiger charge is -1.99. The Hall–Kier alpha value is -0.930. The SMILES string of the molecule is ClCCc1ccc(-c2csnn2)cc1. The summed E-state index contributed by atoms with van der Waals surface area (Å²) in [5, 5.41) is 5.95. The van der Waals surface area contributed by atoms with E-state index in [1.54, 1.807) is 0 Å². The average molecular weight is 225 g/mol. The molecular weight excluding hydrogens is 216 g/mol. The number of nitrogens with zero attached hydrogens (tertiary/aromatic N) is 2. The molecule has 1 aromatic heterocycles. The highest BCUT2D eigenvalue weighted by molar-refractivity contribution is 7.03. The Bertz CT molecular complexity index is 383. The smallest absolute Gasteiger partial charge is 0.105 e. The minimum absolute atomic E-state index is 0.664. The second kappa shape index (κ2) is 4.53. The zero-order valence-electron chi connectivity index (χ0n) is 7.48. The van der Waals surface area contributed by atoms with Crippen LogP contribution in [0.5, 0.6) is 0 Å². The van der Waals surface area contributed by atoms with Crippen molar-refractivity contribution < 1.29 is 0 Å². The molecule has 4 heteroatoms. The van der Waals surface area contributed by atoms with Gasteiger partial charge in [-0.3, -0.25) is 0 Å². The molecule has 2 rings (SSSR count). The molecule has 72 valence electrons. The predicted octanol–water partition coefficient (Wildman–Crippen LogP) is 2.99. The van der Waals surface area contributed by atoms with E-state index in [2.05, 4.69) is 33.9 Å². The molecule has 0 radical (unpaired) electrons. The van der Waals surface area contributed by atoms with Crippen LogP contribution >= 0.6 is 23.1 Å². The van der Waals surface area contributed by atoms with E-state index >= 15 is 0 Å². The molecule has 0 bridgehead atoms. The first kappa shape index (κ1) is 9.62. The van der Waals surface area contributed by atoms with Gasteiger partial charge in [0.1, 0.15) is 5.69 Å². The standard InChI is InChI=1S/C10H9ClN2S/c11-6-5-8-1-3-9(4-2-8)10-7-14-13-12-10/h1-4,7H,5-6H2. The van der Waals surface area contributed by atoms with Gasteiger partial charge < -0.3 is 0 Å². The summed E-state index contributed by atoms with van der Waals surface area (Å²) < 4.78 is 3.83. The lowest BCUT2D eigenvalue weighted by Crippen LogP contribution is -1.85. The number of benzene rings is 1. The van der Waals surface area contributed by atoms with Gasteiger partial charge >= 0.3 is 0 Å². The van der Waals surface area contributed by atoms with E-state index in [1.165, 1.54) is 17.1 Å². The normalized spacial score (nSPS) is 10.4. The molecule has 0 spiro atoms. The Morgan fingerprint density at radius 2 is 2.00 bits per heavy atom. The van der Waals surface area contributed by atoms with E-state index in [0.717, 1.165) is 17.7 Å². The first-order valence-corrected chi connectivity index (χ1v) is 5.69. The van der Waals surface area contributed by atoms with Crippen LogP contribution in [0, 0.1) is 0 Å². The number of rotatable bonds is 3. The summed E-state index contributed by atoms with van der Waals surface area (Å²) in [5.41, 5.74) is 3.30. The molecule has 0 saturated heterocycles. The molecule has 0 amide bonds. The average Bonchev–Trinajstić information content (AvgIpc) is 2.72. The van der Waals surface area contributed by atoms with E-state index in [1.807, 2.05) is 5.38 Å². The Morgan fingerprint density at radius 3 is 2.57 bits per heavy atom. The zero-order chi connectivity index (χ0) is 9.80. The largest absolute Gasteiger partial charge is 0.138 e. The van der Waals surface area contributed by atoms with Crippen molar-refractivity contribution in [2.45, 2.75) is 6.42 Å². The van der Waals surface area contributed by atoms with Gasteiger partial charge in [0, 0.05) is 16.8 Å². The monoisotopic (exact) mass is 224 g/mol. The van der Waals surface area contributed by atoms with Crippen molar-refractivity contribution in [1.82, 2.24) is 9.59 Å². The van der Waals surface area contributed by atoms with Crippen molar-refractivity contribution in [3.63, 3.8) is 0 Å². The summed E-state index contributed by atoms with van der Waals surface area (Å²) in [7, 11) is 0. The van der Waals surface area contributed by atoms with Crippen molar-refractivity contribution in [2.24, 2.45) is 0 Å². The van der Waals surface area contributed by atoms with Crippen LogP contribution in [0.25, 0.3) is 11.3 Å². The lowest BCUT2D eigenvalue weighted by molar-refractivity contribution is 1.14. The van der Waals surface area contributed by atoms with Crippen molar-refractivity contribution >= 4 is 23.1 Å². The second-order valence-corrected chi connectivity index (χ2v) is 3.91. The number of aromatic nitrogens is 2. The third-order valence-corrected chi connectivity index (χ3v) is 2.69. The highest BCUT2D eigenvalue weighted by atomic mass is 35.5. The van der Waals surface area contributed by atoms with Gasteiger partial charge in [-0.25, -0.2) is 0 Å². The highest BCUT2D eigenvalue weighted by Crippen LogP contribution is 2.18. The highest BCUT2D eigenvalue weighted by Gasteiger charge is 2.00. The summed E-state index contributed by atoms with van der Waals surface area (Å²) in [6.45, 7) is 0. The summed E-state index contributed by atoms with van der Waals surface area (Å²) in [6, 6.07) is 8.27. The van der Waals surface area contributed by atoms with E-state index in [-0.39, 0.29) is 0 Å². The third kappa shape index (κ3) is 2.11. The molecule has 0 unspecified atom stereocenters. The molecule has 0 aliphatic carbocycles. The van der Waals surface area contributed by atoms with Crippen LogP contribution in [-0.2, 0) is 6.42 Å². The fourth-order valence-electron chi connectivity index (χ4n) is 1.24. The van der Waals surface area contributed by atoms with Crippen LogP contribution in [0.2, 0.25) is 0 Å². The zero-order valence-corrected chi connectivity index (χ0v) is 9.05. The van der Waals surface area contributed by atoms with Gasteiger partial charge in [-0.05, 0) is 23.5 Å². The Balaban J connectivity index is 2.22. The molecule has 14 heavy (non-hydrogen) atoms. The molecule has 2 nitrogen and oxygen atoms in total. The molecule has 0 atom stereocenters. The maximum absolute atomic E-state index is 5.65. The van der Waals surface area contributed by atoms with Gasteiger partial charge in [0.25, 0.3) is 0 Å². The van der Waals surface area contributed by atoms with Crippen LogP contribution in [0.4, 0.5) is 0 Å². The summed E-state index contributed by atoms with van der Waals surface area (Å²) in [4.78, 5) is 0. The lowest BCUT2D eigenvalue weighted by atomic mass is 10.1. The first-order chi connectivity index (χ1) is 6.90. The van der Waals surface area contributed by atoms with Gasteiger partial charge in [-0.2, -0.15) is 0 Å². The minimum atomic E-state index is 0.664. The third-order valence-electron chi connectivity index (χ3n) is 1.99. The second-order valence-electron chi connectivity index (χ2n) is 2.93. The summed E-state index contributed by atoms with van der Waals surface area (Å²) in [6.07, 6.45) is 0.914. The molecule has 0 fully saturated rings. The number of aryl methyl sites for hydroxylation is 1. The van der Waals surface area contributed by atoms with Gasteiger partial charge in [0.2, 0.25) is 0 Å². The quantitative estimate of drug-likeness (QED) is 0.750. The van der Waals surface area contributed by atoms with Crippen LogP contribution in [0.3, 0.4) is 0 Å². The molecule has 0 N–H and O–H groups in total. The molecule has 1 heterocycles. The van der Waals surface area contributed by atoms with Crippen molar-refractivity contribution in [3.05, 3.63) is 35.2 Å². The van der Waals surface area contributed by atoms with Crippen molar-refractivity contribution in [1.29, 1.82) is 0 Å². The predicted molar refractivity (Wildman–Crippen MR) is 59.8 cm³/mol. The molecule has 1 aromatic carbocycles. The molecule has 2 aromatic rings. The molecular formula is C10H9ClN2S. The topological polar surface area (TPSA) is 25.8 Å². The maximum atomic E-state index is 5.65. The van der Waals surface area contributed by atoms with E-state index in [0.29, 0.717) is 5.88 Å². The van der Waals surface area contributed by atoms with Gasteiger partial charge in [0.15, 0.2) is 0 Å². The molecule has 0 saturated carbocycles. The number of halogens is 1. The Morgan fingerprint density at radius 1 is 1.21 bits per heavy atom. The van der Waals surface area contributed by atoms with Gasteiger partial charge in [-0.1, -0.05) is 28.8 Å². The van der Waals surface area contributed by atoms with Crippen LogP contribution in [-0.4, -0.2) is 15.5 Å². The Labute approximate surface area is 91.7 Å². The van der Waals surface area contributed by atoms with E-state index < -0.39 is 0 Å². The number of hydrogen-bond donors (Lipinski definition) is 0. The maximum Gasteiger partial charge on any atom is 0.105 e. The summed E-state index contributed by atoms with van der Waals surface area (Å²) in [5.74, 6) is 0.664. The van der Waals surface area contributed by atoms with E-state index in [9.17, 15) is 0 Å². The number of hydrogen-bond acceptors (Lipinski definition) is 3. The van der Waals surface area contributed by atoms with Crippen LogP contribution in [0.1, 0.15) is 5.56 Å². The van der Waals surface area contributed by atoms with Crippen molar-refractivity contribution in [3.8, 4) is 11.3 Å². The minimum Gasteiger partial charge on any atom is -0.138 e. The van der Waals surface area contributed by atoms with Gasteiger partial charge in [0.05, 0.1) is 0 Å². The molecule has 0 aliphatic rings. The number of alkyl halides is 1. The van der Waals surface area contributed by atoms with Crippen molar-refractivity contribution in [2.75, 3.05) is 5.88 Å². The first-order valence-electron chi connectivity index (χ1n) is 4.32. The summed E-state index contributed by atoms with van der Waals surface area (Å²) >= 11 is 7.02. The molecule has 0 aliphatic heterocycles. The fraction of sp³-hybridized carbons (Fsp3) is 0.200. The van der Waals surface area contributed by atoms with E-state index in [4.69, 9.17) is 11.6 Å². The van der Waals surface area contributed by atoms with Gasteiger partial charge in [-0.15, -0.1) is 16.7 Å². The van der Waals surface area contributed by atoms with Crippen LogP contribution in [0.15, 0.2) is 29.6 Å². The fourth-order valence-corrected chi connectivity index (χ4v) is 1.93. The Kier molecular flexibility index (Phi) is 3.11.